The second kappa shape index (κ2) is 3.80. The van der Waals surface area contributed by atoms with Crippen LogP contribution in [0.4, 0.5) is 21.8 Å². The smallest absolute Gasteiger partial charge is 0.601 e. The van der Waals surface area contributed by atoms with Crippen molar-refractivity contribution in [3.63, 3.8) is 0 Å². The third-order valence-electron chi connectivity index (χ3n) is 0.779. The van der Waals surface area contributed by atoms with Crippen molar-refractivity contribution in [3.05, 3.63) is 0 Å². The zero-order chi connectivity index (χ0) is 11.6. The Morgan fingerprint density at radius 3 is 1.86 bits per heavy atom. The highest BCUT2D eigenvalue weighted by atomic mass is 19.4. The Hall–Kier alpha value is -1.35. The Balaban J connectivity index is 4.37. The van der Waals surface area contributed by atoms with Crippen molar-refractivity contribution in [3.8, 4) is 0 Å². The molecule has 82 valence electrons. The number of hydrogen-bond acceptors (Lipinski definition) is 4. The third kappa shape index (κ3) is 4.62. The van der Waals surface area contributed by atoms with E-state index in [4.69, 9.17) is 0 Å². The number of halogens is 5. The minimum atomic E-state index is -5.57. The minimum Gasteiger partial charge on any atom is -0.601 e. The van der Waals surface area contributed by atoms with E-state index in [0.29, 0.717) is 6.92 Å². The van der Waals surface area contributed by atoms with Gasteiger partial charge in [0.05, 0.1) is 0 Å². The first-order valence-corrected chi connectivity index (χ1v) is 3.04. The second-order valence-electron chi connectivity index (χ2n) is 2.05. The first-order valence-electron chi connectivity index (χ1n) is 3.04. The molecule has 0 aliphatic heterocycles. The Morgan fingerprint density at radius 2 is 1.57 bits per heavy atom. The van der Waals surface area contributed by atoms with Crippen LogP contribution in [-0.4, -0.2) is 25.2 Å². The van der Waals surface area contributed by atoms with Crippen LogP contribution in [0.3, 0.4) is 0 Å². The Morgan fingerprint density at radius 1 is 1.14 bits per heavy atom. The van der Waals surface area contributed by atoms with Crippen LogP contribution < -0.4 is 0 Å². The summed E-state index contributed by atoms with van der Waals surface area (Å²) in [4.78, 5) is 19.8. The lowest BCUT2D eigenvalue weighted by Gasteiger charge is -2.24. The van der Waals surface area contributed by atoms with Crippen LogP contribution in [0.1, 0.15) is 6.92 Å². The van der Waals surface area contributed by atoms with E-state index >= 15 is 0 Å². The zero-order valence-corrected chi connectivity index (χ0v) is 6.60. The molecule has 0 aliphatic carbocycles. The molecule has 0 rings (SSSR count). The SMILES string of the molecule is CC(=O)O[B-](F)(F)OC(=O)C(F)(F)F. The molecule has 0 bridgehead atoms. The van der Waals surface area contributed by atoms with Gasteiger partial charge in [-0.3, -0.25) is 4.79 Å². The molecule has 0 atom stereocenters. The number of rotatable bonds is 2. The lowest BCUT2D eigenvalue weighted by Crippen LogP contribution is -2.41. The van der Waals surface area contributed by atoms with Crippen LogP contribution in [0, 0.1) is 0 Å². The normalized spacial score (nSPS) is 12.1. The fourth-order valence-electron chi connectivity index (χ4n) is 0.409. The van der Waals surface area contributed by atoms with Gasteiger partial charge in [0.15, 0.2) is 0 Å². The molecule has 0 heterocycles. The van der Waals surface area contributed by atoms with Crippen LogP contribution in [0.2, 0.25) is 0 Å². The van der Waals surface area contributed by atoms with E-state index < -0.39 is 25.2 Å². The van der Waals surface area contributed by atoms with E-state index in [1.165, 1.54) is 0 Å². The van der Waals surface area contributed by atoms with Crippen molar-refractivity contribution in [2.45, 2.75) is 13.1 Å². The molecule has 0 aromatic heterocycles. The van der Waals surface area contributed by atoms with E-state index in [1.807, 2.05) is 0 Å². The van der Waals surface area contributed by atoms with Gasteiger partial charge in [-0.25, -0.2) is 4.79 Å². The quantitative estimate of drug-likeness (QED) is 0.516. The van der Waals surface area contributed by atoms with Gasteiger partial charge in [0.25, 0.3) is 5.97 Å². The molecule has 0 aromatic carbocycles. The first-order chi connectivity index (χ1) is 6.04. The van der Waals surface area contributed by atoms with Gasteiger partial charge < -0.3 is 17.9 Å². The van der Waals surface area contributed by atoms with E-state index in [0.717, 1.165) is 0 Å². The van der Waals surface area contributed by atoms with Crippen LogP contribution in [0.25, 0.3) is 0 Å². The van der Waals surface area contributed by atoms with Crippen molar-refractivity contribution >= 4 is 19.0 Å². The summed E-state index contributed by atoms with van der Waals surface area (Å²) < 4.78 is 64.1. The average molecular weight is 221 g/mol. The van der Waals surface area contributed by atoms with Gasteiger partial charge in [0.2, 0.25) is 0 Å². The molecule has 14 heavy (non-hydrogen) atoms. The Kier molecular flexibility index (Phi) is 3.44. The predicted molar refractivity (Wildman–Crippen MR) is 31.9 cm³/mol. The van der Waals surface area contributed by atoms with Crippen LogP contribution in [0.5, 0.6) is 0 Å². The molecule has 0 saturated carbocycles. The summed E-state index contributed by atoms with van der Waals surface area (Å²) in [5.74, 6) is -4.69. The van der Waals surface area contributed by atoms with E-state index in [1.54, 1.807) is 0 Å². The molecule has 0 spiro atoms. The molecule has 10 heteroatoms. The maximum atomic E-state index is 12.1. The molecule has 0 radical (unpaired) electrons. The predicted octanol–water partition coefficient (Wildman–Crippen LogP) is 1.03. The molecule has 0 aromatic rings. The van der Waals surface area contributed by atoms with E-state index in [2.05, 4.69) is 9.31 Å². The summed E-state index contributed by atoms with van der Waals surface area (Å²) in [5.41, 5.74) is 0. The third-order valence-corrected chi connectivity index (χ3v) is 0.779. The summed E-state index contributed by atoms with van der Waals surface area (Å²) in [6.45, 7) is 0.525. The standard InChI is InChI=1S/C4H3BF5O4/c1-2(11)13-5(9,10)14-3(12)4(6,7)8/h1H3/q-1. The van der Waals surface area contributed by atoms with Gasteiger partial charge in [0, 0.05) is 6.92 Å². The maximum Gasteiger partial charge on any atom is 0.729 e. The summed E-state index contributed by atoms with van der Waals surface area (Å²) in [6, 6.07) is 0. The lowest BCUT2D eigenvalue weighted by molar-refractivity contribution is -0.194. The summed E-state index contributed by atoms with van der Waals surface area (Å²) >= 11 is 0. The van der Waals surface area contributed by atoms with Gasteiger partial charge in [-0.1, -0.05) is 0 Å². The molecule has 0 saturated heterocycles. The minimum absolute atomic E-state index is 0.525. The van der Waals surface area contributed by atoms with Crippen molar-refractivity contribution < 1.29 is 40.7 Å². The van der Waals surface area contributed by atoms with Crippen molar-refractivity contribution in [2.24, 2.45) is 0 Å². The molecule has 0 fully saturated rings. The molecule has 0 amide bonds. The Labute approximate surface area is 74.0 Å². The second-order valence-corrected chi connectivity index (χ2v) is 2.05. The van der Waals surface area contributed by atoms with Gasteiger partial charge >= 0.3 is 19.3 Å². The topological polar surface area (TPSA) is 52.6 Å². The molecule has 0 unspecified atom stereocenters. The van der Waals surface area contributed by atoms with Gasteiger partial charge in [-0.2, -0.15) is 13.2 Å². The highest BCUT2D eigenvalue weighted by Crippen LogP contribution is 2.21. The molecule has 4 nitrogen and oxygen atoms in total. The monoisotopic (exact) mass is 221 g/mol. The maximum absolute atomic E-state index is 12.1. The van der Waals surface area contributed by atoms with Crippen LogP contribution >= 0.6 is 0 Å². The first kappa shape index (κ1) is 12.7. The van der Waals surface area contributed by atoms with Crippen molar-refractivity contribution in [1.82, 2.24) is 0 Å². The van der Waals surface area contributed by atoms with Gasteiger partial charge in [-0.15, -0.1) is 0 Å². The number of alkyl halides is 3. The molecule has 0 aliphatic rings. The lowest BCUT2D eigenvalue weighted by atomic mass is 10.2. The average Bonchev–Trinajstić information content (AvgIpc) is 1.79. The van der Waals surface area contributed by atoms with Crippen molar-refractivity contribution in [1.29, 1.82) is 0 Å². The van der Waals surface area contributed by atoms with Crippen molar-refractivity contribution in [2.75, 3.05) is 0 Å². The summed E-state index contributed by atoms with van der Waals surface area (Å²) in [5, 5.41) is 0. The summed E-state index contributed by atoms with van der Waals surface area (Å²) in [6.07, 6.45) is -5.56. The van der Waals surface area contributed by atoms with Crippen LogP contribution in [-0.2, 0) is 18.9 Å². The highest BCUT2D eigenvalue weighted by Gasteiger charge is 2.47. The Bertz CT molecular complexity index is 249. The van der Waals surface area contributed by atoms with Gasteiger partial charge in [0.1, 0.15) is 0 Å². The van der Waals surface area contributed by atoms with Crippen LogP contribution in [0.15, 0.2) is 0 Å². The van der Waals surface area contributed by atoms with E-state index in [-0.39, 0.29) is 0 Å². The number of hydrogen-bond donors (Lipinski definition) is 0. The fourth-order valence-corrected chi connectivity index (χ4v) is 0.409. The molecular formula is C4H3BF5O4-. The number of carbonyl (C=O) groups excluding carboxylic acids is 2. The zero-order valence-electron chi connectivity index (χ0n) is 6.60. The molecular weight excluding hydrogens is 218 g/mol. The van der Waals surface area contributed by atoms with E-state index in [9.17, 15) is 31.4 Å². The molecule has 0 N–H and O–H groups in total. The fraction of sp³-hybridized carbons (Fsp3) is 0.500. The number of carbonyl (C=O) groups is 2. The largest absolute Gasteiger partial charge is 0.729 e. The van der Waals surface area contributed by atoms with Gasteiger partial charge in [-0.05, 0) is 0 Å². The summed E-state index contributed by atoms with van der Waals surface area (Å²) in [7, 11) is -5.57. The highest BCUT2D eigenvalue weighted by molar-refractivity contribution is 6.56.